The van der Waals surface area contributed by atoms with Crippen LogP contribution in [0.4, 0.5) is 0 Å². The molecular formula is C12H18N2O. The monoisotopic (exact) mass is 206 g/mol. The van der Waals surface area contributed by atoms with Crippen molar-refractivity contribution in [1.82, 2.24) is 9.78 Å². The number of fused-ring (bicyclic) bond motifs is 1. The van der Waals surface area contributed by atoms with Crippen molar-refractivity contribution in [2.45, 2.75) is 38.8 Å². The molecule has 0 amide bonds. The zero-order valence-corrected chi connectivity index (χ0v) is 9.13. The molecule has 2 aliphatic carbocycles. The first-order valence-corrected chi connectivity index (χ1v) is 5.98. The Morgan fingerprint density at radius 2 is 2.20 bits per heavy atom. The van der Waals surface area contributed by atoms with Crippen LogP contribution in [0.3, 0.4) is 0 Å². The van der Waals surface area contributed by atoms with Gasteiger partial charge in [0.1, 0.15) is 0 Å². The highest BCUT2D eigenvalue weighted by Gasteiger charge is 2.47. The summed E-state index contributed by atoms with van der Waals surface area (Å²) in [5.74, 6) is 2.36. The van der Waals surface area contributed by atoms with E-state index in [-0.39, 0.29) is 6.10 Å². The Labute approximate surface area is 90.1 Å². The van der Waals surface area contributed by atoms with Crippen molar-refractivity contribution in [3.63, 3.8) is 0 Å². The molecule has 1 N–H and O–H groups in total. The van der Waals surface area contributed by atoms with E-state index in [9.17, 15) is 5.11 Å². The number of aliphatic hydroxyl groups excluding tert-OH is 1. The predicted molar refractivity (Wildman–Crippen MR) is 57.2 cm³/mol. The summed E-state index contributed by atoms with van der Waals surface area (Å²) in [4.78, 5) is 0. The third-order valence-electron chi connectivity index (χ3n) is 4.05. The minimum absolute atomic E-state index is 0.280. The normalized spacial score (nSPS) is 35.2. The van der Waals surface area contributed by atoms with Crippen LogP contribution in [0, 0.1) is 17.8 Å². The molecule has 1 aromatic rings. The highest BCUT2D eigenvalue weighted by Crippen LogP contribution is 2.57. The quantitative estimate of drug-likeness (QED) is 0.821. The number of aliphatic hydroxyl groups is 1. The summed E-state index contributed by atoms with van der Waals surface area (Å²) in [5.41, 5.74) is 1.00. The summed E-state index contributed by atoms with van der Waals surface area (Å²) in [6.07, 6.45) is 7.38. The van der Waals surface area contributed by atoms with E-state index in [2.05, 4.69) is 12.0 Å². The van der Waals surface area contributed by atoms with Crippen LogP contribution in [0.2, 0.25) is 0 Å². The fraction of sp³-hybridized carbons (Fsp3) is 0.750. The summed E-state index contributed by atoms with van der Waals surface area (Å²) in [6.45, 7) is 2.94. The van der Waals surface area contributed by atoms with Crippen LogP contribution in [0.25, 0.3) is 0 Å². The van der Waals surface area contributed by atoms with Crippen molar-refractivity contribution in [3.05, 3.63) is 18.0 Å². The maximum Gasteiger partial charge on any atom is 0.0848 e. The van der Waals surface area contributed by atoms with E-state index in [1.807, 2.05) is 17.1 Å². The SMILES string of the molecule is CCn1cc(C(O)C2CC3CC3C2)cn1. The summed E-state index contributed by atoms with van der Waals surface area (Å²) < 4.78 is 1.88. The molecule has 3 nitrogen and oxygen atoms in total. The lowest BCUT2D eigenvalue weighted by molar-refractivity contribution is 0.104. The second-order valence-electron chi connectivity index (χ2n) is 5.06. The molecule has 0 spiro atoms. The van der Waals surface area contributed by atoms with E-state index in [1.54, 1.807) is 0 Å². The van der Waals surface area contributed by atoms with E-state index in [0.29, 0.717) is 5.92 Å². The molecule has 1 aromatic heterocycles. The lowest BCUT2D eigenvalue weighted by atomic mass is 9.93. The third-order valence-corrected chi connectivity index (χ3v) is 4.05. The second kappa shape index (κ2) is 3.34. The Balaban J connectivity index is 1.70. The van der Waals surface area contributed by atoms with E-state index < -0.39 is 0 Å². The fourth-order valence-corrected chi connectivity index (χ4v) is 3.00. The van der Waals surface area contributed by atoms with Gasteiger partial charge >= 0.3 is 0 Å². The average molecular weight is 206 g/mol. The third kappa shape index (κ3) is 1.59. The molecule has 2 saturated carbocycles. The van der Waals surface area contributed by atoms with Crippen LogP contribution in [0.5, 0.6) is 0 Å². The molecule has 0 radical (unpaired) electrons. The Morgan fingerprint density at radius 3 is 2.80 bits per heavy atom. The maximum absolute atomic E-state index is 10.2. The minimum Gasteiger partial charge on any atom is -0.388 e. The molecule has 3 heteroatoms. The van der Waals surface area contributed by atoms with Crippen molar-refractivity contribution >= 4 is 0 Å². The number of rotatable bonds is 3. The Kier molecular flexibility index (Phi) is 2.09. The number of aromatic nitrogens is 2. The van der Waals surface area contributed by atoms with Gasteiger partial charge in [-0.1, -0.05) is 0 Å². The molecule has 0 bridgehead atoms. The average Bonchev–Trinajstić information content (AvgIpc) is 2.73. The Bertz CT molecular complexity index is 350. The highest BCUT2D eigenvalue weighted by atomic mass is 16.3. The molecule has 2 aliphatic rings. The van der Waals surface area contributed by atoms with Crippen LogP contribution < -0.4 is 0 Å². The number of hydrogen-bond donors (Lipinski definition) is 1. The van der Waals surface area contributed by atoms with Crippen molar-refractivity contribution in [2.24, 2.45) is 17.8 Å². The van der Waals surface area contributed by atoms with Crippen molar-refractivity contribution in [3.8, 4) is 0 Å². The topological polar surface area (TPSA) is 38.0 Å². The van der Waals surface area contributed by atoms with Gasteiger partial charge in [-0.25, -0.2) is 0 Å². The van der Waals surface area contributed by atoms with Crippen LogP contribution in [0.1, 0.15) is 37.9 Å². The smallest absolute Gasteiger partial charge is 0.0848 e. The van der Waals surface area contributed by atoms with E-state index in [0.717, 1.165) is 23.9 Å². The van der Waals surface area contributed by atoms with Gasteiger partial charge in [-0.15, -0.1) is 0 Å². The second-order valence-corrected chi connectivity index (χ2v) is 5.06. The Morgan fingerprint density at radius 1 is 1.47 bits per heavy atom. The molecule has 82 valence electrons. The van der Waals surface area contributed by atoms with Crippen LogP contribution in [0.15, 0.2) is 12.4 Å². The molecule has 3 atom stereocenters. The van der Waals surface area contributed by atoms with Gasteiger partial charge in [0.2, 0.25) is 0 Å². The zero-order chi connectivity index (χ0) is 10.4. The number of aryl methyl sites for hydroxylation is 1. The van der Waals surface area contributed by atoms with E-state index in [4.69, 9.17) is 0 Å². The summed E-state index contributed by atoms with van der Waals surface area (Å²) in [5, 5.41) is 14.4. The molecule has 2 fully saturated rings. The maximum atomic E-state index is 10.2. The molecular weight excluding hydrogens is 188 g/mol. The first kappa shape index (κ1) is 9.40. The first-order valence-electron chi connectivity index (χ1n) is 5.98. The van der Waals surface area contributed by atoms with Crippen molar-refractivity contribution < 1.29 is 5.11 Å². The molecule has 0 saturated heterocycles. The highest BCUT2D eigenvalue weighted by molar-refractivity contribution is 5.12. The van der Waals surface area contributed by atoms with Gasteiger partial charge in [-0.3, -0.25) is 4.68 Å². The number of hydrogen-bond acceptors (Lipinski definition) is 2. The molecule has 3 rings (SSSR count). The van der Waals surface area contributed by atoms with Gasteiger partial charge in [0.25, 0.3) is 0 Å². The summed E-state index contributed by atoms with van der Waals surface area (Å²) >= 11 is 0. The predicted octanol–water partition coefficient (Wildman–Crippen LogP) is 1.98. The first-order chi connectivity index (χ1) is 7.28. The van der Waals surface area contributed by atoms with E-state index >= 15 is 0 Å². The lowest BCUT2D eigenvalue weighted by Gasteiger charge is -2.17. The molecule has 0 aromatic carbocycles. The zero-order valence-electron chi connectivity index (χ0n) is 9.13. The van der Waals surface area contributed by atoms with E-state index in [1.165, 1.54) is 19.3 Å². The van der Waals surface area contributed by atoms with Gasteiger partial charge < -0.3 is 5.11 Å². The molecule has 15 heavy (non-hydrogen) atoms. The minimum atomic E-state index is -0.280. The lowest BCUT2D eigenvalue weighted by Crippen LogP contribution is -2.10. The van der Waals surface area contributed by atoms with Gasteiger partial charge in [0.15, 0.2) is 0 Å². The molecule has 3 unspecified atom stereocenters. The standard InChI is InChI=1S/C12H18N2O/c1-2-14-7-11(6-13-14)12(15)10-4-8-3-9(8)5-10/h6-10,12,15H,2-5H2,1H3. The number of nitrogens with zero attached hydrogens (tertiary/aromatic N) is 2. The summed E-state index contributed by atoms with van der Waals surface area (Å²) in [6, 6.07) is 0. The van der Waals surface area contributed by atoms with Crippen LogP contribution in [-0.4, -0.2) is 14.9 Å². The molecule has 0 aliphatic heterocycles. The van der Waals surface area contributed by atoms with Gasteiger partial charge in [-0.05, 0) is 43.9 Å². The van der Waals surface area contributed by atoms with Gasteiger partial charge in [0, 0.05) is 18.3 Å². The largest absolute Gasteiger partial charge is 0.388 e. The molecule has 1 heterocycles. The van der Waals surface area contributed by atoms with Gasteiger partial charge in [0.05, 0.1) is 12.3 Å². The van der Waals surface area contributed by atoms with Gasteiger partial charge in [-0.2, -0.15) is 5.10 Å². The summed E-state index contributed by atoms with van der Waals surface area (Å²) in [7, 11) is 0. The Hall–Kier alpha value is -0.830. The van der Waals surface area contributed by atoms with Crippen molar-refractivity contribution in [2.75, 3.05) is 0 Å². The fourth-order valence-electron chi connectivity index (χ4n) is 3.00. The van der Waals surface area contributed by atoms with Crippen LogP contribution in [-0.2, 0) is 6.54 Å². The van der Waals surface area contributed by atoms with Crippen LogP contribution >= 0.6 is 0 Å². The van der Waals surface area contributed by atoms with Crippen molar-refractivity contribution in [1.29, 1.82) is 0 Å².